The number of nitrogens with zero attached hydrogens (tertiary/aromatic N) is 3. The Labute approximate surface area is 137 Å². The number of carboxylic acid groups (broad SMARTS) is 1. The Morgan fingerprint density at radius 2 is 2.12 bits per heavy atom. The number of hydrogen-bond acceptors (Lipinski definition) is 6. The average Bonchev–Trinajstić information content (AvgIpc) is 3.04. The Morgan fingerprint density at radius 3 is 2.88 bits per heavy atom. The summed E-state index contributed by atoms with van der Waals surface area (Å²) in [6.45, 7) is -0.0977. The van der Waals surface area contributed by atoms with Crippen molar-refractivity contribution in [2.75, 3.05) is 18.5 Å². The SMILES string of the molecule is O=C(O)c1cc2nccc(-c3cccc(NCC(O)CO)c3)n2n1. The van der Waals surface area contributed by atoms with Gasteiger partial charge < -0.3 is 20.6 Å². The summed E-state index contributed by atoms with van der Waals surface area (Å²) in [6, 6.07) is 10.5. The first kappa shape index (κ1) is 15.9. The van der Waals surface area contributed by atoms with Crippen LogP contribution >= 0.6 is 0 Å². The maximum Gasteiger partial charge on any atom is 0.356 e. The third-order valence-electron chi connectivity index (χ3n) is 3.49. The molecule has 0 amide bonds. The van der Waals surface area contributed by atoms with E-state index in [1.54, 1.807) is 12.3 Å². The van der Waals surface area contributed by atoms with E-state index >= 15 is 0 Å². The van der Waals surface area contributed by atoms with Crippen LogP contribution in [0.5, 0.6) is 0 Å². The zero-order valence-corrected chi connectivity index (χ0v) is 12.6. The maximum atomic E-state index is 11.1. The number of aliphatic hydroxyl groups is 2. The van der Waals surface area contributed by atoms with Gasteiger partial charge in [-0.05, 0) is 18.2 Å². The predicted octanol–water partition coefficient (Wildman–Crippen LogP) is 0.860. The number of carbonyl (C=O) groups is 1. The highest BCUT2D eigenvalue weighted by molar-refractivity contribution is 5.87. The number of anilines is 1. The molecule has 3 aromatic rings. The quantitative estimate of drug-likeness (QED) is 0.529. The smallest absolute Gasteiger partial charge is 0.356 e. The molecule has 1 unspecified atom stereocenters. The van der Waals surface area contributed by atoms with Crippen molar-refractivity contribution in [1.29, 1.82) is 0 Å². The van der Waals surface area contributed by atoms with Gasteiger partial charge in [0.2, 0.25) is 0 Å². The van der Waals surface area contributed by atoms with Gasteiger partial charge in [0.15, 0.2) is 11.3 Å². The van der Waals surface area contributed by atoms with Gasteiger partial charge in [0.25, 0.3) is 0 Å². The Balaban J connectivity index is 1.97. The number of fused-ring (bicyclic) bond motifs is 1. The first-order valence-corrected chi connectivity index (χ1v) is 7.30. The Bertz CT molecular complexity index is 877. The van der Waals surface area contributed by atoms with Crippen molar-refractivity contribution in [3.05, 3.63) is 48.3 Å². The summed E-state index contributed by atoms with van der Waals surface area (Å²) in [5, 5.41) is 34.4. The summed E-state index contributed by atoms with van der Waals surface area (Å²) in [7, 11) is 0. The third kappa shape index (κ3) is 3.19. The summed E-state index contributed by atoms with van der Waals surface area (Å²) in [5.74, 6) is -1.11. The lowest BCUT2D eigenvalue weighted by Crippen LogP contribution is -2.22. The lowest BCUT2D eigenvalue weighted by atomic mass is 10.1. The molecular weight excluding hydrogens is 312 g/mol. The second-order valence-corrected chi connectivity index (χ2v) is 5.23. The molecule has 2 heterocycles. The second kappa shape index (κ2) is 6.65. The lowest BCUT2D eigenvalue weighted by Gasteiger charge is -2.11. The highest BCUT2D eigenvalue weighted by Gasteiger charge is 2.13. The molecule has 1 aromatic carbocycles. The summed E-state index contributed by atoms with van der Waals surface area (Å²) in [6.07, 6.45) is 0.749. The van der Waals surface area contributed by atoms with E-state index in [1.165, 1.54) is 10.6 Å². The molecule has 24 heavy (non-hydrogen) atoms. The van der Waals surface area contributed by atoms with Crippen LogP contribution in [-0.2, 0) is 0 Å². The van der Waals surface area contributed by atoms with Crippen LogP contribution in [0.25, 0.3) is 16.9 Å². The van der Waals surface area contributed by atoms with Crippen molar-refractivity contribution in [1.82, 2.24) is 14.6 Å². The molecule has 124 valence electrons. The maximum absolute atomic E-state index is 11.1. The summed E-state index contributed by atoms with van der Waals surface area (Å²) >= 11 is 0. The molecule has 0 aliphatic carbocycles. The minimum Gasteiger partial charge on any atom is -0.476 e. The van der Waals surface area contributed by atoms with Crippen LogP contribution in [0.15, 0.2) is 42.6 Å². The molecular formula is C16H16N4O4. The van der Waals surface area contributed by atoms with Crippen LogP contribution < -0.4 is 5.32 Å². The molecule has 8 heteroatoms. The fourth-order valence-electron chi connectivity index (χ4n) is 2.31. The van der Waals surface area contributed by atoms with Crippen molar-refractivity contribution in [2.24, 2.45) is 0 Å². The van der Waals surface area contributed by atoms with Gasteiger partial charge >= 0.3 is 5.97 Å². The number of rotatable bonds is 6. The zero-order chi connectivity index (χ0) is 17.1. The number of hydrogen-bond donors (Lipinski definition) is 4. The number of aromatic nitrogens is 3. The monoisotopic (exact) mass is 328 g/mol. The number of benzene rings is 1. The normalized spacial score (nSPS) is 12.2. The van der Waals surface area contributed by atoms with E-state index in [0.717, 1.165) is 11.3 Å². The molecule has 0 radical (unpaired) electrons. The molecule has 0 saturated heterocycles. The molecule has 3 rings (SSSR count). The van der Waals surface area contributed by atoms with Gasteiger partial charge in [-0.15, -0.1) is 0 Å². The molecule has 0 saturated carbocycles. The van der Waals surface area contributed by atoms with Gasteiger partial charge in [-0.2, -0.15) is 5.10 Å². The van der Waals surface area contributed by atoms with E-state index < -0.39 is 12.1 Å². The van der Waals surface area contributed by atoms with Gasteiger partial charge in [0.05, 0.1) is 18.4 Å². The third-order valence-corrected chi connectivity index (χ3v) is 3.49. The minimum atomic E-state index is -1.11. The highest BCUT2D eigenvalue weighted by Crippen LogP contribution is 2.23. The second-order valence-electron chi connectivity index (χ2n) is 5.23. The number of aromatic carboxylic acids is 1. The van der Waals surface area contributed by atoms with Gasteiger partial charge in [0.1, 0.15) is 0 Å². The summed E-state index contributed by atoms with van der Waals surface area (Å²) in [4.78, 5) is 15.2. The standard InChI is InChI=1S/C16H16N4O4/c21-9-12(22)8-18-11-3-1-2-10(6-11)14-4-5-17-15-7-13(16(23)24)19-20(14)15/h1-7,12,18,21-22H,8-9H2,(H,23,24). The molecule has 0 aliphatic heterocycles. The molecule has 1 atom stereocenters. The Morgan fingerprint density at radius 1 is 1.29 bits per heavy atom. The van der Waals surface area contributed by atoms with Crippen LogP contribution in [0.4, 0.5) is 5.69 Å². The van der Waals surface area contributed by atoms with Crippen molar-refractivity contribution >= 4 is 17.3 Å². The summed E-state index contributed by atoms with van der Waals surface area (Å²) in [5.41, 5.74) is 2.63. The van der Waals surface area contributed by atoms with Gasteiger partial charge in [-0.1, -0.05) is 12.1 Å². The fourth-order valence-corrected chi connectivity index (χ4v) is 2.31. The van der Waals surface area contributed by atoms with Gasteiger partial charge in [0, 0.05) is 30.1 Å². The van der Waals surface area contributed by atoms with Crippen LogP contribution in [0.1, 0.15) is 10.5 Å². The molecule has 0 spiro atoms. The molecule has 8 nitrogen and oxygen atoms in total. The van der Waals surface area contributed by atoms with E-state index in [2.05, 4.69) is 15.4 Å². The van der Waals surface area contributed by atoms with E-state index in [1.807, 2.05) is 24.3 Å². The lowest BCUT2D eigenvalue weighted by molar-refractivity contribution is 0.0690. The van der Waals surface area contributed by atoms with E-state index in [-0.39, 0.29) is 18.8 Å². The molecule has 0 aliphatic rings. The molecule has 0 bridgehead atoms. The zero-order valence-electron chi connectivity index (χ0n) is 12.6. The van der Waals surface area contributed by atoms with Crippen LogP contribution in [0, 0.1) is 0 Å². The number of nitrogens with one attached hydrogen (secondary N) is 1. The van der Waals surface area contributed by atoms with Gasteiger partial charge in [-0.25, -0.2) is 14.3 Å². The van der Waals surface area contributed by atoms with Gasteiger partial charge in [-0.3, -0.25) is 0 Å². The highest BCUT2D eigenvalue weighted by atomic mass is 16.4. The summed E-state index contributed by atoms with van der Waals surface area (Å²) < 4.78 is 1.48. The minimum absolute atomic E-state index is 0.0738. The van der Waals surface area contributed by atoms with Crippen molar-refractivity contribution in [3.63, 3.8) is 0 Å². The molecule has 4 N–H and O–H groups in total. The van der Waals surface area contributed by atoms with E-state index in [9.17, 15) is 9.90 Å². The fraction of sp³-hybridized carbons (Fsp3) is 0.188. The van der Waals surface area contributed by atoms with Crippen molar-refractivity contribution in [2.45, 2.75) is 6.10 Å². The Kier molecular flexibility index (Phi) is 4.41. The van der Waals surface area contributed by atoms with Crippen molar-refractivity contribution in [3.8, 4) is 11.3 Å². The molecule has 2 aromatic heterocycles. The first-order valence-electron chi connectivity index (χ1n) is 7.30. The topological polar surface area (TPSA) is 120 Å². The van der Waals surface area contributed by atoms with Crippen LogP contribution in [-0.4, -0.2) is 55.1 Å². The van der Waals surface area contributed by atoms with E-state index in [0.29, 0.717) is 11.3 Å². The van der Waals surface area contributed by atoms with Crippen LogP contribution in [0.2, 0.25) is 0 Å². The van der Waals surface area contributed by atoms with E-state index in [4.69, 9.17) is 10.2 Å². The largest absolute Gasteiger partial charge is 0.476 e. The number of aliphatic hydroxyl groups excluding tert-OH is 2. The van der Waals surface area contributed by atoms with Crippen LogP contribution in [0.3, 0.4) is 0 Å². The number of carboxylic acids is 1. The van der Waals surface area contributed by atoms with Crippen molar-refractivity contribution < 1.29 is 20.1 Å². The first-order chi connectivity index (χ1) is 11.6. The average molecular weight is 328 g/mol. The predicted molar refractivity (Wildman–Crippen MR) is 87.0 cm³/mol. The molecule has 0 fully saturated rings. The Hall–Kier alpha value is -2.97.